The van der Waals surface area contributed by atoms with Crippen LogP contribution in [0, 0.1) is 0 Å². The van der Waals surface area contributed by atoms with Gasteiger partial charge in [0.25, 0.3) is 0 Å². The van der Waals surface area contributed by atoms with E-state index in [2.05, 4.69) is 6.58 Å². The number of nitrogen functional groups attached to an aromatic ring is 1. The van der Waals surface area contributed by atoms with E-state index in [0.717, 1.165) is 16.9 Å². The van der Waals surface area contributed by atoms with Crippen LogP contribution in [0.25, 0.3) is 0 Å². The van der Waals surface area contributed by atoms with Crippen molar-refractivity contribution in [3.05, 3.63) is 48.0 Å². The normalized spacial score (nSPS) is 18.0. The minimum absolute atomic E-state index is 0.221. The summed E-state index contributed by atoms with van der Waals surface area (Å²) in [5, 5.41) is 0.276. The predicted molar refractivity (Wildman–Crippen MR) is 125 cm³/mol. The quantitative estimate of drug-likeness (QED) is 0.419. The van der Waals surface area contributed by atoms with E-state index in [4.69, 9.17) is 29.4 Å². The first-order chi connectivity index (χ1) is 14.6. The molecular formula is C22H27NO5S2. The second kappa shape index (κ2) is 10.1. The largest absolute Gasteiger partial charge is 0.493 e. The standard InChI is InChI=1S/C22H27NO5S2/c1-6-7-28-20-15(23)8-14(11-16(20)24-2)22-29-12-19(30-22)13-9-17(25-3)21(27-5)18(10-13)26-4/h6,8-11,19,22H,1,7,12,23H2,2-5H3. The molecule has 0 bridgehead atoms. The number of rotatable bonds is 9. The summed E-state index contributed by atoms with van der Waals surface area (Å²) in [6.45, 7) is 4.05. The predicted octanol–water partition coefficient (Wildman–Crippen LogP) is 5.09. The smallest absolute Gasteiger partial charge is 0.203 e. The lowest BCUT2D eigenvalue weighted by molar-refractivity contribution is 0.324. The summed E-state index contributed by atoms with van der Waals surface area (Å²) in [6.07, 6.45) is 1.68. The van der Waals surface area contributed by atoms with E-state index in [9.17, 15) is 0 Å². The zero-order valence-electron chi connectivity index (χ0n) is 17.6. The highest BCUT2D eigenvalue weighted by Gasteiger charge is 2.31. The van der Waals surface area contributed by atoms with E-state index < -0.39 is 0 Å². The van der Waals surface area contributed by atoms with Crippen LogP contribution in [0.15, 0.2) is 36.9 Å². The number of methoxy groups -OCH3 is 4. The molecule has 162 valence electrons. The summed E-state index contributed by atoms with van der Waals surface area (Å²) in [4.78, 5) is 0. The van der Waals surface area contributed by atoms with Crippen LogP contribution >= 0.6 is 23.5 Å². The van der Waals surface area contributed by atoms with Crippen LogP contribution in [0.4, 0.5) is 5.69 Å². The molecule has 2 N–H and O–H groups in total. The van der Waals surface area contributed by atoms with Crippen LogP contribution in [0.3, 0.4) is 0 Å². The third kappa shape index (κ3) is 4.54. The van der Waals surface area contributed by atoms with Crippen molar-refractivity contribution < 1.29 is 23.7 Å². The Hall–Kier alpha value is -2.32. The van der Waals surface area contributed by atoms with Crippen molar-refractivity contribution in [2.45, 2.75) is 9.83 Å². The van der Waals surface area contributed by atoms with Gasteiger partial charge in [-0.15, -0.1) is 23.5 Å². The Balaban J connectivity index is 1.85. The molecule has 0 aromatic heterocycles. The lowest BCUT2D eigenvalue weighted by atomic mass is 10.1. The van der Waals surface area contributed by atoms with Crippen molar-refractivity contribution in [3.63, 3.8) is 0 Å². The summed E-state index contributed by atoms with van der Waals surface area (Å²) >= 11 is 3.73. The van der Waals surface area contributed by atoms with Crippen LogP contribution in [0.2, 0.25) is 0 Å². The van der Waals surface area contributed by atoms with E-state index in [1.165, 1.54) is 0 Å². The minimum Gasteiger partial charge on any atom is -0.493 e. The fraction of sp³-hybridized carbons (Fsp3) is 0.364. The number of thioether (sulfide) groups is 2. The van der Waals surface area contributed by atoms with Gasteiger partial charge in [-0.2, -0.15) is 0 Å². The van der Waals surface area contributed by atoms with Gasteiger partial charge in [-0.25, -0.2) is 0 Å². The summed E-state index contributed by atoms with van der Waals surface area (Å²) < 4.78 is 27.9. The molecule has 2 unspecified atom stereocenters. The average Bonchev–Trinajstić information content (AvgIpc) is 3.27. The summed E-state index contributed by atoms with van der Waals surface area (Å²) in [5.41, 5.74) is 9.05. The minimum atomic E-state index is 0.221. The van der Waals surface area contributed by atoms with Gasteiger partial charge in [-0.3, -0.25) is 0 Å². The molecule has 0 aliphatic carbocycles. The molecule has 6 nitrogen and oxygen atoms in total. The zero-order valence-corrected chi connectivity index (χ0v) is 19.2. The van der Waals surface area contributed by atoms with E-state index >= 15 is 0 Å². The molecular weight excluding hydrogens is 422 g/mol. The van der Waals surface area contributed by atoms with Crippen molar-refractivity contribution in [2.75, 3.05) is 46.5 Å². The fourth-order valence-electron chi connectivity index (χ4n) is 3.27. The highest BCUT2D eigenvalue weighted by molar-refractivity contribution is 8.19. The van der Waals surface area contributed by atoms with Crippen molar-refractivity contribution >= 4 is 29.2 Å². The number of ether oxygens (including phenoxy) is 5. The maximum absolute atomic E-state index is 6.25. The van der Waals surface area contributed by atoms with Crippen LogP contribution in [-0.4, -0.2) is 40.8 Å². The lowest BCUT2D eigenvalue weighted by Crippen LogP contribution is -2.02. The lowest BCUT2D eigenvalue weighted by Gasteiger charge is -2.18. The molecule has 2 atom stereocenters. The maximum atomic E-state index is 6.25. The van der Waals surface area contributed by atoms with Crippen LogP contribution < -0.4 is 29.4 Å². The van der Waals surface area contributed by atoms with Gasteiger partial charge in [-0.05, 0) is 35.4 Å². The highest BCUT2D eigenvalue weighted by atomic mass is 32.2. The number of benzene rings is 2. The first kappa shape index (κ1) is 22.4. The molecule has 0 radical (unpaired) electrons. The Morgan fingerprint density at radius 3 is 2.10 bits per heavy atom. The molecule has 1 heterocycles. The van der Waals surface area contributed by atoms with Crippen molar-refractivity contribution in [3.8, 4) is 28.7 Å². The SMILES string of the molecule is C=CCOc1c(N)cc(C2SCC(c3cc(OC)c(OC)c(OC)c3)S2)cc1OC. The Morgan fingerprint density at radius 1 is 0.933 bits per heavy atom. The summed E-state index contributed by atoms with van der Waals surface area (Å²) in [7, 11) is 6.49. The third-order valence-corrected chi connectivity index (χ3v) is 8.03. The molecule has 3 rings (SSSR count). The van der Waals surface area contributed by atoms with Gasteiger partial charge < -0.3 is 29.4 Å². The van der Waals surface area contributed by atoms with Gasteiger partial charge in [0.2, 0.25) is 5.75 Å². The van der Waals surface area contributed by atoms with Crippen molar-refractivity contribution in [1.29, 1.82) is 0 Å². The monoisotopic (exact) mass is 449 g/mol. The molecule has 0 saturated carbocycles. The average molecular weight is 450 g/mol. The van der Waals surface area contributed by atoms with Crippen molar-refractivity contribution in [2.24, 2.45) is 0 Å². The second-order valence-electron chi connectivity index (χ2n) is 6.49. The number of hydrogen-bond donors (Lipinski definition) is 1. The molecule has 1 aliphatic rings. The summed E-state index contributed by atoms with van der Waals surface area (Å²) in [6, 6.07) is 7.99. The molecule has 2 aromatic rings. The Morgan fingerprint density at radius 2 is 1.53 bits per heavy atom. The number of hydrogen-bond acceptors (Lipinski definition) is 8. The number of nitrogens with two attached hydrogens (primary N) is 1. The van der Waals surface area contributed by atoms with Gasteiger partial charge in [0, 0.05) is 11.0 Å². The van der Waals surface area contributed by atoms with Crippen LogP contribution in [-0.2, 0) is 0 Å². The van der Waals surface area contributed by atoms with E-state index in [1.807, 2.05) is 47.8 Å². The third-order valence-electron chi connectivity index (χ3n) is 4.69. The number of anilines is 1. The molecule has 2 aromatic carbocycles. The zero-order chi connectivity index (χ0) is 21.7. The molecule has 8 heteroatoms. The molecule has 1 saturated heterocycles. The van der Waals surface area contributed by atoms with Gasteiger partial charge in [0.15, 0.2) is 23.0 Å². The Kier molecular flexibility index (Phi) is 7.55. The second-order valence-corrected chi connectivity index (χ2v) is 9.24. The van der Waals surface area contributed by atoms with E-state index in [1.54, 1.807) is 34.5 Å². The topological polar surface area (TPSA) is 72.2 Å². The first-order valence-electron chi connectivity index (χ1n) is 9.34. The summed E-state index contributed by atoms with van der Waals surface area (Å²) in [5.74, 6) is 4.06. The highest BCUT2D eigenvalue weighted by Crippen LogP contribution is 2.58. The van der Waals surface area contributed by atoms with Crippen LogP contribution in [0.1, 0.15) is 21.0 Å². The molecule has 1 fully saturated rings. The molecule has 0 spiro atoms. The van der Waals surface area contributed by atoms with Crippen LogP contribution in [0.5, 0.6) is 28.7 Å². The maximum Gasteiger partial charge on any atom is 0.203 e. The van der Waals surface area contributed by atoms with Gasteiger partial charge in [-0.1, -0.05) is 12.7 Å². The molecule has 30 heavy (non-hydrogen) atoms. The fourth-order valence-corrected chi connectivity index (χ4v) is 6.53. The van der Waals surface area contributed by atoms with Crippen molar-refractivity contribution in [1.82, 2.24) is 0 Å². The van der Waals surface area contributed by atoms with Gasteiger partial charge >= 0.3 is 0 Å². The Bertz CT molecular complexity index is 880. The Labute approximate surface area is 186 Å². The van der Waals surface area contributed by atoms with Gasteiger partial charge in [0.1, 0.15) is 6.61 Å². The first-order valence-corrected chi connectivity index (χ1v) is 11.3. The van der Waals surface area contributed by atoms with Gasteiger partial charge in [0.05, 0.1) is 38.7 Å². The van der Waals surface area contributed by atoms with E-state index in [-0.39, 0.29) is 9.83 Å². The van der Waals surface area contributed by atoms with E-state index in [0.29, 0.717) is 41.0 Å². The molecule has 0 amide bonds. The molecule has 1 aliphatic heterocycles.